The number of hydrogen-bond acceptors (Lipinski definition) is 3. The molecule has 1 amide bonds. The second-order valence-electron chi connectivity index (χ2n) is 7.99. The number of para-hydroxylation sites is 1. The van der Waals surface area contributed by atoms with Crippen LogP contribution in [0.2, 0.25) is 0 Å². The third kappa shape index (κ3) is 3.99. The van der Waals surface area contributed by atoms with Crippen LogP contribution in [-0.4, -0.2) is 15.9 Å². The highest BCUT2D eigenvalue weighted by Gasteiger charge is 2.16. The molecule has 158 valence electrons. The number of thioether (sulfide) groups is 1. The number of nitrogens with zero attached hydrogens (tertiary/aromatic N) is 1. The van der Waals surface area contributed by atoms with E-state index in [0.29, 0.717) is 5.56 Å². The molecule has 0 radical (unpaired) electrons. The maximum atomic E-state index is 13.2. The van der Waals surface area contributed by atoms with Gasteiger partial charge >= 0.3 is 0 Å². The number of rotatable bonds is 5. The summed E-state index contributed by atoms with van der Waals surface area (Å²) in [5.41, 5.74) is 6.91. The summed E-state index contributed by atoms with van der Waals surface area (Å²) in [5.74, 6) is 0.689. The molecule has 32 heavy (non-hydrogen) atoms. The van der Waals surface area contributed by atoms with Crippen LogP contribution >= 0.6 is 11.8 Å². The van der Waals surface area contributed by atoms with Crippen molar-refractivity contribution in [2.75, 3.05) is 5.32 Å². The van der Waals surface area contributed by atoms with Gasteiger partial charge in [0, 0.05) is 45.0 Å². The van der Waals surface area contributed by atoms with Crippen LogP contribution in [-0.2, 0) is 5.75 Å². The van der Waals surface area contributed by atoms with E-state index in [9.17, 15) is 4.79 Å². The standard InChI is InChI=1S/C27H23N3OS/c1-17-12-18(2)14-20(13-17)30-27(31)22-15-29-24-8-5-9-25(26(22)24)32-16-19-10-11-28-23-7-4-3-6-21(19)23/h3-15,29H,16H2,1-2H3,(H,30,31). The van der Waals surface area contributed by atoms with Crippen LogP contribution in [0.15, 0.2) is 84.0 Å². The van der Waals surface area contributed by atoms with E-state index in [-0.39, 0.29) is 5.91 Å². The molecule has 5 rings (SSSR count). The molecule has 0 unspecified atom stereocenters. The number of amides is 1. The fourth-order valence-electron chi connectivity index (χ4n) is 4.13. The van der Waals surface area contributed by atoms with Crippen molar-refractivity contribution >= 4 is 45.2 Å². The minimum Gasteiger partial charge on any atom is -0.360 e. The number of fused-ring (bicyclic) bond motifs is 2. The van der Waals surface area contributed by atoms with Crippen LogP contribution in [0.1, 0.15) is 27.0 Å². The fraction of sp³-hybridized carbons (Fsp3) is 0.111. The Balaban J connectivity index is 1.45. The first-order chi connectivity index (χ1) is 15.6. The van der Waals surface area contributed by atoms with Gasteiger partial charge in [-0.25, -0.2) is 0 Å². The quantitative estimate of drug-likeness (QED) is 0.295. The number of aromatic amines is 1. The smallest absolute Gasteiger partial charge is 0.257 e. The minimum absolute atomic E-state index is 0.108. The zero-order valence-electron chi connectivity index (χ0n) is 18.0. The summed E-state index contributed by atoms with van der Waals surface area (Å²) in [4.78, 5) is 22.0. The van der Waals surface area contributed by atoms with Gasteiger partial charge in [0.2, 0.25) is 0 Å². The van der Waals surface area contributed by atoms with Crippen LogP contribution in [0.4, 0.5) is 5.69 Å². The molecule has 0 aliphatic rings. The van der Waals surface area contributed by atoms with Crippen LogP contribution in [0.5, 0.6) is 0 Å². The first-order valence-electron chi connectivity index (χ1n) is 10.5. The number of carbonyl (C=O) groups excluding carboxylic acids is 1. The molecule has 4 nitrogen and oxygen atoms in total. The average Bonchev–Trinajstić information content (AvgIpc) is 3.22. The Morgan fingerprint density at radius 1 is 1.00 bits per heavy atom. The van der Waals surface area contributed by atoms with Gasteiger partial charge in [-0.05, 0) is 66.9 Å². The van der Waals surface area contributed by atoms with Crippen molar-refractivity contribution in [1.29, 1.82) is 0 Å². The first-order valence-corrected chi connectivity index (χ1v) is 11.5. The SMILES string of the molecule is Cc1cc(C)cc(NC(=O)c2c[nH]c3cccc(SCc4ccnc5ccccc45)c23)c1. The second-order valence-corrected chi connectivity index (χ2v) is 9.00. The Morgan fingerprint density at radius 3 is 2.66 bits per heavy atom. The van der Waals surface area contributed by atoms with E-state index in [0.717, 1.165) is 49.3 Å². The van der Waals surface area contributed by atoms with Gasteiger partial charge in [0.05, 0.1) is 11.1 Å². The molecule has 2 N–H and O–H groups in total. The molecule has 2 aromatic heterocycles. The van der Waals surface area contributed by atoms with E-state index in [1.807, 2.05) is 62.5 Å². The summed E-state index contributed by atoms with van der Waals surface area (Å²) in [5, 5.41) is 5.19. The highest BCUT2D eigenvalue weighted by Crippen LogP contribution is 2.34. The third-order valence-corrected chi connectivity index (χ3v) is 6.62. The number of carbonyl (C=O) groups is 1. The van der Waals surface area contributed by atoms with Gasteiger partial charge < -0.3 is 10.3 Å². The van der Waals surface area contributed by atoms with Crippen molar-refractivity contribution in [3.63, 3.8) is 0 Å². The van der Waals surface area contributed by atoms with E-state index in [2.05, 4.69) is 39.6 Å². The molecule has 5 heteroatoms. The molecule has 5 aromatic rings. The summed E-state index contributed by atoms with van der Waals surface area (Å²) >= 11 is 1.74. The van der Waals surface area contributed by atoms with Crippen molar-refractivity contribution in [3.05, 3.63) is 101 Å². The molecule has 3 aromatic carbocycles. The van der Waals surface area contributed by atoms with Crippen LogP contribution < -0.4 is 5.32 Å². The second kappa shape index (κ2) is 8.52. The van der Waals surface area contributed by atoms with E-state index in [1.165, 1.54) is 5.56 Å². The zero-order chi connectivity index (χ0) is 22.1. The fourth-order valence-corrected chi connectivity index (χ4v) is 5.23. The normalized spacial score (nSPS) is 11.2. The summed E-state index contributed by atoms with van der Waals surface area (Å²) in [6.45, 7) is 4.07. The van der Waals surface area contributed by atoms with E-state index in [4.69, 9.17) is 0 Å². The van der Waals surface area contributed by atoms with Crippen LogP contribution in [0.25, 0.3) is 21.8 Å². The highest BCUT2D eigenvalue weighted by atomic mass is 32.2. The Hall–Kier alpha value is -3.57. The highest BCUT2D eigenvalue weighted by molar-refractivity contribution is 7.98. The monoisotopic (exact) mass is 437 g/mol. The third-order valence-electron chi connectivity index (χ3n) is 5.51. The average molecular weight is 438 g/mol. The Bertz CT molecular complexity index is 1430. The summed E-state index contributed by atoms with van der Waals surface area (Å²) in [7, 11) is 0. The largest absolute Gasteiger partial charge is 0.360 e. The molecule has 0 saturated carbocycles. The number of aromatic nitrogens is 2. The lowest BCUT2D eigenvalue weighted by atomic mass is 10.1. The molecular formula is C27H23N3OS. The van der Waals surface area contributed by atoms with Gasteiger partial charge in [-0.1, -0.05) is 30.3 Å². The molecule has 0 aliphatic heterocycles. The van der Waals surface area contributed by atoms with Crippen LogP contribution in [0.3, 0.4) is 0 Å². The van der Waals surface area contributed by atoms with E-state index < -0.39 is 0 Å². The van der Waals surface area contributed by atoms with E-state index >= 15 is 0 Å². The number of nitrogens with one attached hydrogen (secondary N) is 2. The van der Waals surface area contributed by atoms with Gasteiger partial charge in [-0.15, -0.1) is 11.8 Å². The maximum Gasteiger partial charge on any atom is 0.257 e. The van der Waals surface area contributed by atoms with Crippen molar-refractivity contribution in [3.8, 4) is 0 Å². The number of benzene rings is 3. The number of aryl methyl sites for hydroxylation is 2. The van der Waals surface area contributed by atoms with Gasteiger partial charge in [0.1, 0.15) is 0 Å². The summed E-state index contributed by atoms with van der Waals surface area (Å²) in [6, 6.07) is 22.5. The number of pyridine rings is 1. The van der Waals surface area contributed by atoms with Crippen molar-refractivity contribution in [2.45, 2.75) is 24.5 Å². The molecule has 0 bridgehead atoms. The molecule has 0 aliphatic carbocycles. The topological polar surface area (TPSA) is 57.8 Å². The predicted molar refractivity (Wildman–Crippen MR) is 133 cm³/mol. The molecule has 0 fully saturated rings. The summed E-state index contributed by atoms with van der Waals surface area (Å²) < 4.78 is 0. The van der Waals surface area contributed by atoms with Gasteiger partial charge in [-0.3, -0.25) is 9.78 Å². The molecule has 0 saturated heterocycles. The van der Waals surface area contributed by atoms with Crippen molar-refractivity contribution in [2.24, 2.45) is 0 Å². The first kappa shape index (κ1) is 20.3. The number of H-pyrrole nitrogens is 1. The summed E-state index contributed by atoms with van der Waals surface area (Å²) in [6.07, 6.45) is 3.66. The molecular weight excluding hydrogens is 414 g/mol. The molecule has 0 atom stereocenters. The lowest BCUT2D eigenvalue weighted by molar-refractivity contribution is 0.102. The molecule has 2 heterocycles. The zero-order valence-corrected chi connectivity index (χ0v) is 18.8. The van der Waals surface area contributed by atoms with Crippen molar-refractivity contribution in [1.82, 2.24) is 9.97 Å². The maximum absolute atomic E-state index is 13.2. The number of anilines is 1. The van der Waals surface area contributed by atoms with Crippen LogP contribution in [0, 0.1) is 13.8 Å². The lowest BCUT2D eigenvalue weighted by Crippen LogP contribution is -2.11. The van der Waals surface area contributed by atoms with E-state index in [1.54, 1.807) is 18.0 Å². The van der Waals surface area contributed by atoms with Gasteiger partial charge in [0.15, 0.2) is 0 Å². The Labute approximate surface area is 191 Å². The molecule has 0 spiro atoms. The van der Waals surface area contributed by atoms with Gasteiger partial charge in [0.25, 0.3) is 5.91 Å². The lowest BCUT2D eigenvalue weighted by Gasteiger charge is -2.10. The van der Waals surface area contributed by atoms with Gasteiger partial charge in [-0.2, -0.15) is 0 Å². The predicted octanol–water partition coefficient (Wildman–Crippen LogP) is 6.88. The minimum atomic E-state index is -0.108. The van der Waals surface area contributed by atoms with Crippen molar-refractivity contribution < 1.29 is 4.79 Å². The Kier molecular flexibility index (Phi) is 5.41. The number of hydrogen-bond donors (Lipinski definition) is 2. The Morgan fingerprint density at radius 2 is 1.81 bits per heavy atom.